The Bertz CT molecular complexity index is 247. The summed E-state index contributed by atoms with van der Waals surface area (Å²) in [6.07, 6.45) is 7.22. The van der Waals surface area contributed by atoms with Crippen molar-refractivity contribution in [3.8, 4) is 0 Å². The normalized spacial score (nSPS) is 43.3. The Hall–Kier alpha value is -0.530. The molecule has 0 aromatic heterocycles. The highest BCUT2D eigenvalue weighted by Gasteiger charge is 2.55. The summed E-state index contributed by atoms with van der Waals surface area (Å²) in [5.41, 5.74) is -0.0879. The first kappa shape index (κ1) is 9.68. The van der Waals surface area contributed by atoms with Gasteiger partial charge in [-0.25, -0.2) is 0 Å². The molecule has 0 N–H and O–H groups in total. The van der Waals surface area contributed by atoms with Crippen molar-refractivity contribution in [2.24, 2.45) is 17.3 Å². The van der Waals surface area contributed by atoms with Crippen molar-refractivity contribution in [2.75, 3.05) is 6.61 Å². The predicted octanol–water partition coefficient (Wildman–Crippen LogP) is 2.72. The molecule has 4 fully saturated rings. The third-order valence-corrected chi connectivity index (χ3v) is 4.48. The summed E-state index contributed by atoms with van der Waals surface area (Å²) in [4.78, 5) is 12.1. The van der Waals surface area contributed by atoms with Crippen LogP contribution in [0.5, 0.6) is 0 Å². The fourth-order valence-corrected chi connectivity index (χ4v) is 4.33. The van der Waals surface area contributed by atoms with Crippen LogP contribution in [0, 0.1) is 23.2 Å². The number of rotatable bonds is 2. The van der Waals surface area contributed by atoms with Gasteiger partial charge < -0.3 is 4.74 Å². The Kier molecular flexibility index (Phi) is 2.08. The molecule has 4 saturated carbocycles. The average molecular weight is 207 g/mol. The van der Waals surface area contributed by atoms with Crippen LogP contribution in [-0.2, 0) is 9.53 Å². The molecule has 0 aromatic rings. The van der Waals surface area contributed by atoms with Crippen LogP contribution in [-0.4, -0.2) is 12.6 Å². The molecule has 83 valence electrons. The largest absolute Gasteiger partial charge is 0.466 e. The Morgan fingerprint density at radius 2 is 2.07 bits per heavy atom. The summed E-state index contributed by atoms with van der Waals surface area (Å²) < 4.78 is 5.27. The Morgan fingerprint density at radius 3 is 2.60 bits per heavy atom. The molecule has 4 rings (SSSR count). The first-order valence-corrected chi connectivity index (χ1v) is 6.22. The lowest BCUT2D eigenvalue weighted by molar-refractivity contribution is -0.165. The molecule has 0 heterocycles. The number of hydrogen-bond donors (Lipinski definition) is 0. The van der Waals surface area contributed by atoms with Crippen molar-refractivity contribution in [3.63, 3.8) is 0 Å². The van der Waals surface area contributed by atoms with Crippen LogP contribution in [0.3, 0.4) is 0 Å². The first-order chi connectivity index (χ1) is 7.22. The lowest BCUT2D eigenvalue weighted by Gasteiger charge is -2.54. The van der Waals surface area contributed by atoms with Crippen LogP contribution in [0.2, 0.25) is 0 Å². The van der Waals surface area contributed by atoms with E-state index < -0.39 is 0 Å². The second kappa shape index (κ2) is 3.23. The number of carbonyl (C=O) groups is 1. The molecule has 1 unspecified atom stereocenters. The van der Waals surface area contributed by atoms with Crippen molar-refractivity contribution < 1.29 is 9.53 Å². The van der Waals surface area contributed by atoms with E-state index in [1.807, 2.05) is 6.92 Å². The Labute approximate surface area is 91.4 Å². The highest BCUT2D eigenvalue weighted by Crippen LogP contribution is 2.61. The van der Waals surface area contributed by atoms with E-state index in [4.69, 9.17) is 4.74 Å². The molecule has 0 aromatic carbocycles. The minimum Gasteiger partial charge on any atom is -0.466 e. The van der Waals surface area contributed by atoms with Crippen molar-refractivity contribution in [3.05, 3.63) is 5.92 Å². The topological polar surface area (TPSA) is 26.3 Å². The smallest absolute Gasteiger partial charge is 0.312 e. The summed E-state index contributed by atoms with van der Waals surface area (Å²) in [5, 5.41) is 0. The van der Waals surface area contributed by atoms with Gasteiger partial charge in [0.25, 0.3) is 0 Å². The fourth-order valence-electron chi connectivity index (χ4n) is 4.33. The van der Waals surface area contributed by atoms with Gasteiger partial charge in [0.05, 0.1) is 12.0 Å². The van der Waals surface area contributed by atoms with Gasteiger partial charge in [-0.05, 0) is 63.2 Å². The van der Waals surface area contributed by atoms with Gasteiger partial charge in [-0.15, -0.1) is 0 Å². The Balaban J connectivity index is 1.83. The van der Waals surface area contributed by atoms with Gasteiger partial charge in [0.1, 0.15) is 0 Å². The fraction of sp³-hybridized carbons (Fsp3) is 0.846. The number of hydrogen-bond acceptors (Lipinski definition) is 2. The van der Waals surface area contributed by atoms with E-state index in [-0.39, 0.29) is 11.4 Å². The van der Waals surface area contributed by atoms with E-state index in [1.165, 1.54) is 19.3 Å². The lowest BCUT2D eigenvalue weighted by Crippen LogP contribution is -2.49. The minimum absolute atomic E-state index is 0.0879. The van der Waals surface area contributed by atoms with Crippen molar-refractivity contribution in [1.82, 2.24) is 0 Å². The number of esters is 1. The monoisotopic (exact) mass is 207 g/mol. The highest BCUT2D eigenvalue weighted by molar-refractivity contribution is 5.78. The van der Waals surface area contributed by atoms with Gasteiger partial charge in [0.15, 0.2) is 0 Å². The van der Waals surface area contributed by atoms with E-state index in [1.54, 1.807) is 5.92 Å². The standard InChI is InChI=1S/C13H19O2/c1-2-15-12(14)13-6-9-3-10(7-13)5-11(4-9)8-13/h9-10H,2-8H2,1H3/t9-,10+,13?. The molecule has 2 heteroatoms. The predicted molar refractivity (Wildman–Crippen MR) is 57.0 cm³/mol. The maximum Gasteiger partial charge on any atom is 0.312 e. The van der Waals surface area contributed by atoms with E-state index in [9.17, 15) is 4.79 Å². The maximum absolute atomic E-state index is 12.1. The zero-order valence-corrected chi connectivity index (χ0v) is 9.42. The first-order valence-electron chi connectivity index (χ1n) is 6.22. The molecule has 0 saturated heterocycles. The molecule has 0 aliphatic heterocycles. The van der Waals surface area contributed by atoms with Crippen molar-refractivity contribution in [2.45, 2.75) is 45.4 Å². The van der Waals surface area contributed by atoms with Gasteiger partial charge in [0, 0.05) is 0 Å². The van der Waals surface area contributed by atoms with E-state index in [0.717, 1.165) is 31.1 Å². The number of carbonyl (C=O) groups excluding carboxylic acids is 1. The molecule has 0 spiro atoms. The van der Waals surface area contributed by atoms with Crippen molar-refractivity contribution in [1.29, 1.82) is 0 Å². The molecule has 3 atom stereocenters. The molecule has 0 amide bonds. The molecule has 1 radical (unpaired) electrons. The third-order valence-electron chi connectivity index (χ3n) is 4.48. The second-order valence-electron chi connectivity index (χ2n) is 5.71. The van der Waals surface area contributed by atoms with Crippen LogP contribution in [0.4, 0.5) is 0 Å². The summed E-state index contributed by atoms with van der Waals surface area (Å²) in [6.45, 7) is 2.44. The van der Waals surface area contributed by atoms with E-state index in [2.05, 4.69) is 0 Å². The molecular formula is C13H19O2. The molecule has 4 aliphatic rings. The zero-order valence-electron chi connectivity index (χ0n) is 9.42. The van der Waals surface area contributed by atoms with Crippen LogP contribution in [0.15, 0.2) is 0 Å². The van der Waals surface area contributed by atoms with E-state index >= 15 is 0 Å². The van der Waals surface area contributed by atoms with Crippen LogP contribution in [0.1, 0.15) is 45.4 Å². The zero-order chi connectivity index (χ0) is 10.5. The molecular weight excluding hydrogens is 188 g/mol. The highest BCUT2D eigenvalue weighted by atomic mass is 16.5. The summed E-state index contributed by atoms with van der Waals surface area (Å²) >= 11 is 0. The minimum atomic E-state index is -0.0879. The quantitative estimate of drug-likeness (QED) is 0.651. The summed E-state index contributed by atoms with van der Waals surface area (Å²) in [6, 6.07) is 0. The maximum atomic E-state index is 12.1. The Morgan fingerprint density at radius 1 is 1.40 bits per heavy atom. The van der Waals surface area contributed by atoms with Gasteiger partial charge in [-0.1, -0.05) is 0 Å². The van der Waals surface area contributed by atoms with Gasteiger partial charge in [0.2, 0.25) is 0 Å². The third kappa shape index (κ3) is 1.41. The lowest BCUT2D eigenvalue weighted by atomic mass is 9.49. The molecule has 4 aliphatic carbocycles. The summed E-state index contributed by atoms with van der Waals surface area (Å²) in [7, 11) is 0. The number of ether oxygens (including phenoxy) is 1. The van der Waals surface area contributed by atoms with Gasteiger partial charge in [-0.2, -0.15) is 0 Å². The second-order valence-corrected chi connectivity index (χ2v) is 5.71. The van der Waals surface area contributed by atoms with Crippen molar-refractivity contribution >= 4 is 5.97 Å². The SMILES string of the molecule is CCOC(=O)C12C[C]3C[C@H](C[C@H](C3)C1)C2. The van der Waals surface area contributed by atoms with Gasteiger partial charge >= 0.3 is 5.97 Å². The van der Waals surface area contributed by atoms with Crippen LogP contribution in [0.25, 0.3) is 0 Å². The molecule has 2 nitrogen and oxygen atoms in total. The average Bonchev–Trinajstić information content (AvgIpc) is 2.15. The molecule has 4 bridgehead atoms. The molecule has 15 heavy (non-hydrogen) atoms. The van der Waals surface area contributed by atoms with Crippen LogP contribution < -0.4 is 0 Å². The van der Waals surface area contributed by atoms with Crippen LogP contribution >= 0.6 is 0 Å². The van der Waals surface area contributed by atoms with Gasteiger partial charge in [-0.3, -0.25) is 4.79 Å². The van der Waals surface area contributed by atoms with E-state index in [0.29, 0.717) is 6.61 Å². The summed E-state index contributed by atoms with van der Waals surface area (Å²) in [5.74, 6) is 3.34.